The fourth-order valence-corrected chi connectivity index (χ4v) is 4.70. The zero-order chi connectivity index (χ0) is 27.2. The molecule has 0 aliphatic rings. The van der Waals surface area contributed by atoms with Crippen LogP contribution in [0, 0.1) is 19.7 Å². The molecule has 4 aromatic rings. The van der Waals surface area contributed by atoms with E-state index in [0.29, 0.717) is 31.6 Å². The second-order valence-corrected chi connectivity index (χ2v) is 9.46. The Morgan fingerprint density at radius 1 is 0.974 bits per heavy atom. The third-order valence-electron chi connectivity index (χ3n) is 6.70. The second-order valence-electron chi connectivity index (χ2n) is 9.46. The van der Waals surface area contributed by atoms with E-state index < -0.39 is 0 Å². The molecule has 0 amide bonds. The number of hydrogen-bond acceptors (Lipinski definition) is 6. The van der Waals surface area contributed by atoms with Crippen LogP contribution in [0.25, 0.3) is 11.1 Å². The molecule has 0 fully saturated rings. The Hall–Kier alpha value is -4.04. The Balaban J connectivity index is 1.66. The first-order valence-corrected chi connectivity index (χ1v) is 12.4. The third-order valence-corrected chi connectivity index (χ3v) is 6.70. The van der Waals surface area contributed by atoms with Crippen molar-refractivity contribution in [2.24, 2.45) is 0 Å². The van der Waals surface area contributed by atoms with Gasteiger partial charge in [-0.1, -0.05) is 6.07 Å². The zero-order valence-electron chi connectivity index (χ0n) is 22.5. The number of ether oxygens (including phenoxy) is 2. The summed E-state index contributed by atoms with van der Waals surface area (Å²) in [6, 6.07) is 14.6. The van der Waals surface area contributed by atoms with Gasteiger partial charge in [0.25, 0.3) is 0 Å². The number of nitrogens with zero attached hydrogens (tertiary/aromatic N) is 4. The van der Waals surface area contributed by atoms with Gasteiger partial charge in [-0.15, -0.1) is 0 Å². The molecule has 0 atom stereocenters. The van der Waals surface area contributed by atoms with E-state index >= 15 is 0 Å². The van der Waals surface area contributed by atoms with Gasteiger partial charge in [-0.2, -0.15) is 5.10 Å². The SMILES string of the molecule is COc1cc(CN(C)CCc2c(C=O)cc(Cn3ncnc3C)cc2-c2ccc(F)cc2C)cc(OC)c1. The first kappa shape index (κ1) is 27.0. The highest BCUT2D eigenvalue weighted by molar-refractivity contribution is 5.84. The van der Waals surface area contributed by atoms with Crippen molar-refractivity contribution in [3.8, 4) is 22.6 Å². The van der Waals surface area contributed by atoms with Crippen LogP contribution >= 0.6 is 0 Å². The normalized spacial score (nSPS) is 11.1. The minimum atomic E-state index is -0.286. The molecular weight excluding hydrogens is 483 g/mol. The minimum absolute atomic E-state index is 0.286. The predicted molar refractivity (Wildman–Crippen MR) is 145 cm³/mol. The minimum Gasteiger partial charge on any atom is -0.497 e. The van der Waals surface area contributed by atoms with E-state index in [-0.39, 0.29) is 5.82 Å². The number of aromatic nitrogens is 3. The van der Waals surface area contributed by atoms with Crippen LogP contribution in [0.2, 0.25) is 0 Å². The van der Waals surface area contributed by atoms with Crippen molar-refractivity contribution in [3.63, 3.8) is 0 Å². The van der Waals surface area contributed by atoms with Crippen LogP contribution in [0.5, 0.6) is 11.5 Å². The summed E-state index contributed by atoms with van der Waals surface area (Å²) >= 11 is 0. The lowest BCUT2D eigenvalue weighted by Crippen LogP contribution is -2.21. The van der Waals surface area contributed by atoms with Gasteiger partial charge in [0.2, 0.25) is 0 Å². The van der Waals surface area contributed by atoms with E-state index in [9.17, 15) is 9.18 Å². The molecule has 0 unspecified atom stereocenters. The van der Waals surface area contributed by atoms with Gasteiger partial charge in [0.15, 0.2) is 0 Å². The number of carbonyl (C=O) groups excluding carboxylic acids is 1. The summed E-state index contributed by atoms with van der Waals surface area (Å²) < 4.78 is 26.6. The van der Waals surface area contributed by atoms with Crippen LogP contribution in [-0.4, -0.2) is 53.8 Å². The molecule has 0 spiro atoms. The number of carbonyl (C=O) groups is 1. The first-order valence-electron chi connectivity index (χ1n) is 12.4. The highest BCUT2D eigenvalue weighted by Gasteiger charge is 2.17. The van der Waals surface area contributed by atoms with Gasteiger partial charge in [0.05, 0.1) is 20.8 Å². The summed E-state index contributed by atoms with van der Waals surface area (Å²) in [4.78, 5) is 18.7. The predicted octanol–water partition coefficient (Wildman–Crippen LogP) is 5.25. The number of benzene rings is 3. The Labute approximate surface area is 222 Å². The van der Waals surface area contributed by atoms with Crippen molar-refractivity contribution >= 4 is 6.29 Å². The van der Waals surface area contributed by atoms with E-state index in [4.69, 9.17) is 9.47 Å². The Kier molecular flexibility index (Phi) is 8.53. The molecule has 38 heavy (non-hydrogen) atoms. The fraction of sp³-hybridized carbons (Fsp3) is 0.300. The average Bonchev–Trinajstić information content (AvgIpc) is 3.31. The molecule has 0 N–H and O–H groups in total. The lowest BCUT2D eigenvalue weighted by Gasteiger charge is -2.21. The Morgan fingerprint density at radius 3 is 2.32 bits per heavy atom. The Morgan fingerprint density at radius 2 is 1.71 bits per heavy atom. The Bertz CT molecular complexity index is 1410. The van der Waals surface area contributed by atoms with Crippen LogP contribution < -0.4 is 9.47 Å². The third kappa shape index (κ3) is 6.26. The van der Waals surface area contributed by atoms with Crippen molar-refractivity contribution < 1.29 is 18.7 Å². The van der Waals surface area contributed by atoms with Gasteiger partial charge in [0, 0.05) is 24.7 Å². The second kappa shape index (κ2) is 12.0. The molecule has 0 bridgehead atoms. The molecular formula is C30H33FN4O3. The molecule has 0 radical (unpaired) electrons. The van der Waals surface area contributed by atoms with Crippen molar-refractivity contribution in [2.75, 3.05) is 27.8 Å². The lowest BCUT2D eigenvalue weighted by atomic mass is 9.89. The van der Waals surface area contributed by atoms with Crippen molar-refractivity contribution in [1.29, 1.82) is 0 Å². The number of likely N-dealkylation sites (N-methyl/N-ethyl adjacent to an activating group) is 1. The largest absolute Gasteiger partial charge is 0.497 e. The molecule has 4 rings (SSSR count). The van der Waals surface area contributed by atoms with E-state index in [1.807, 2.05) is 45.2 Å². The van der Waals surface area contributed by atoms with Gasteiger partial charge < -0.3 is 14.4 Å². The highest BCUT2D eigenvalue weighted by Crippen LogP contribution is 2.32. The molecule has 7 nitrogen and oxygen atoms in total. The topological polar surface area (TPSA) is 69.5 Å². The van der Waals surface area contributed by atoms with E-state index in [2.05, 4.69) is 21.0 Å². The smallest absolute Gasteiger partial charge is 0.150 e. The lowest BCUT2D eigenvalue weighted by molar-refractivity contribution is 0.112. The van der Waals surface area contributed by atoms with Crippen LogP contribution in [0.3, 0.4) is 0 Å². The number of methoxy groups -OCH3 is 2. The molecule has 0 aliphatic carbocycles. The summed E-state index contributed by atoms with van der Waals surface area (Å²) in [5, 5.41) is 4.29. The molecule has 3 aromatic carbocycles. The number of aldehydes is 1. The fourth-order valence-electron chi connectivity index (χ4n) is 4.70. The quantitative estimate of drug-likeness (QED) is 0.254. The van der Waals surface area contributed by atoms with Crippen LogP contribution in [0.15, 0.2) is 54.9 Å². The van der Waals surface area contributed by atoms with Crippen LogP contribution in [0.1, 0.15) is 38.4 Å². The molecule has 0 aliphatic heterocycles. The summed E-state index contributed by atoms with van der Waals surface area (Å²) in [6.45, 7) is 5.64. The van der Waals surface area contributed by atoms with Crippen molar-refractivity contribution in [2.45, 2.75) is 33.4 Å². The first-order chi connectivity index (χ1) is 18.3. The maximum Gasteiger partial charge on any atom is 0.150 e. The van der Waals surface area contributed by atoms with Gasteiger partial charge in [-0.25, -0.2) is 14.1 Å². The average molecular weight is 517 g/mol. The molecule has 198 valence electrons. The monoisotopic (exact) mass is 516 g/mol. The molecule has 8 heteroatoms. The van der Waals surface area contributed by atoms with E-state index in [0.717, 1.165) is 57.0 Å². The van der Waals surface area contributed by atoms with Gasteiger partial charge in [0.1, 0.15) is 35.8 Å². The van der Waals surface area contributed by atoms with Gasteiger partial charge in [-0.3, -0.25) is 4.79 Å². The highest BCUT2D eigenvalue weighted by atomic mass is 19.1. The molecule has 0 saturated heterocycles. The van der Waals surface area contributed by atoms with Crippen molar-refractivity contribution in [1.82, 2.24) is 19.7 Å². The number of hydrogen-bond donors (Lipinski definition) is 0. The van der Waals surface area contributed by atoms with Gasteiger partial charge in [-0.05, 0) is 97.1 Å². The maximum absolute atomic E-state index is 14.0. The summed E-state index contributed by atoms with van der Waals surface area (Å²) in [5.74, 6) is 1.98. The summed E-state index contributed by atoms with van der Waals surface area (Å²) in [5.41, 5.74) is 6.19. The van der Waals surface area contributed by atoms with Crippen LogP contribution in [0.4, 0.5) is 4.39 Å². The zero-order valence-corrected chi connectivity index (χ0v) is 22.5. The molecule has 0 saturated carbocycles. The molecule has 1 aromatic heterocycles. The number of rotatable bonds is 11. The standard InChI is InChI=1S/C30H33FN4O3/c1-20-10-25(31)6-7-28(20)30-14-22(17-35-21(2)32-19-33-35)11-24(18-36)29(30)8-9-34(3)16-23-12-26(37-4)15-27(13-23)38-5/h6-7,10-15,18-19H,8-9,16-17H2,1-5H3. The van der Waals surface area contributed by atoms with Gasteiger partial charge >= 0.3 is 0 Å². The van der Waals surface area contributed by atoms with E-state index in [1.54, 1.807) is 25.0 Å². The van der Waals surface area contributed by atoms with Crippen LogP contribution in [-0.2, 0) is 19.5 Å². The summed E-state index contributed by atoms with van der Waals surface area (Å²) in [6.07, 6.45) is 3.06. The molecule has 1 heterocycles. The number of aryl methyl sites for hydroxylation is 2. The maximum atomic E-state index is 14.0. The number of halogens is 1. The van der Waals surface area contributed by atoms with E-state index in [1.165, 1.54) is 18.5 Å². The van der Waals surface area contributed by atoms with Crippen molar-refractivity contribution in [3.05, 3.63) is 94.3 Å². The summed E-state index contributed by atoms with van der Waals surface area (Å²) in [7, 11) is 5.31.